The fourth-order valence-electron chi connectivity index (χ4n) is 1.42. The van der Waals surface area contributed by atoms with Gasteiger partial charge >= 0.3 is 0 Å². The van der Waals surface area contributed by atoms with Gasteiger partial charge in [0.05, 0.1) is 17.3 Å². The molecule has 0 aliphatic rings. The Bertz CT molecular complexity index is 564. The number of hydroxylamine groups is 1. The van der Waals surface area contributed by atoms with Crippen LogP contribution in [0.5, 0.6) is 0 Å². The number of carbonyl (C=O) groups is 1. The van der Waals surface area contributed by atoms with Gasteiger partial charge in [0.1, 0.15) is 0 Å². The zero-order chi connectivity index (χ0) is 13.5. The fourth-order valence-corrected chi connectivity index (χ4v) is 2.00. The topological polar surface area (TPSA) is 51.2 Å². The number of hydrogen-bond donors (Lipinski definition) is 1. The Balaban J connectivity index is 1.74. The highest BCUT2D eigenvalue weighted by atomic mass is 32.1. The molecule has 1 amide bonds. The molecule has 0 saturated heterocycles. The normalized spacial score (nSPS) is 10.8. The Morgan fingerprint density at radius 1 is 1.42 bits per heavy atom. The number of hydrogen-bond acceptors (Lipinski definition) is 4. The van der Waals surface area contributed by atoms with Gasteiger partial charge < -0.3 is 0 Å². The molecule has 1 heterocycles. The van der Waals surface area contributed by atoms with E-state index in [1.54, 1.807) is 17.4 Å². The van der Waals surface area contributed by atoms with Crippen molar-refractivity contribution in [2.45, 2.75) is 13.5 Å². The summed E-state index contributed by atoms with van der Waals surface area (Å²) in [5.41, 5.74) is 4.14. The summed E-state index contributed by atoms with van der Waals surface area (Å²) in [4.78, 5) is 20.8. The molecule has 19 heavy (non-hydrogen) atoms. The number of rotatable bonds is 5. The van der Waals surface area contributed by atoms with Gasteiger partial charge in [-0.15, -0.1) is 11.3 Å². The number of aromatic nitrogens is 1. The molecule has 0 spiro atoms. The maximum Gasteiger partial charge on any atom is 0.267 e. The van der Waals surface area contributed by atoms with Crippen molar-refractivity contribution in [3.05, 3.63) is 58.1 Å². The Hall–Kier alpha value is -1.98. The summed E-state index contributed by atoms with van der Waals surface area (Å²) in [5.74, 6) is -0.304. The largest absolute Gasteiger partial charge is 0.269 e. The van der Waals surface area contributed by atoms with Crippen molar-refractivity contribution in [1.82, 2.24) is 10.5 Å². The number of carbonyl (C=O) groups excluding carboxylic acids is 1. The van der Waals surface area contributed by atoms with Gasteiger partial charge in [0, 0.05) is 11.5 Å². The molecule has 2 aromatic rings. The summed E-state index contributed by atoms with van der Waals surface area (Å²) in [6.07, 6.45) is 3.06. The second-order valence-corrected chi connectivity index (χ2v) is 4.93. The highest BCUT2D eigenvalue weighted by Crippen LogP contribution is 2.08. The van der Waals surface area contributed by atoms with E-state index in [0.717, 1.165) is 16.3 Å². The summed E-state index contributed by atoms with van der Waals surface area (Å²) < 4.78 is 0. The lowest BCUT2D eigenvalue weighted by Crippen LogP contribution is -2.21. The Labute approximate surface area is 115 Å². The second-order valence-electron chi connectivity index (χ2n) is 3.87. The molecule has 0 saturated carbocycles. The van der Waals surface area contributed by atoms with E-state index in [9.17, 15) is 4.79 Å². The van der Waals surface area contributed by atoms with Gasteiger partial charge in [-0.1, -0.05) is 30.3 Å². The van der Waals surface area contributed by atoms with Crippen LogP contribution in [0.2, 0.25) is 0 Å². The highest BCUT2D eigenvalue weighted by molar-refractivity contribution is 7.09. The van der Waals surface area contributed by atoms with Gasteiger partial charge in [-0.05, 0) is 18.6 Å². The quantitative estimate of drug-likeness (QED) is 0.673. The number of amides is 1. The summed E-state index contributed by atoms with van der Waals surface area (Å²) >= 11 is 1.55. The monoisotopic (exact) mass is 274 g/mol. The smallest absolute Gasteiger partial charge is 0.267 e. The molecule has 0 aliphatic carbocycles. The van der Waals surface area contributed by atoms with Gasteiger partial charge in [0.15, 0.2) is 0 Å². The molecular formula is C14H14N2O2S. The zero-order valence-electron chi connectivity index (χ0n) is 10.5. The third-order valence-corrected chi connectivity index (χ3v) is 3.09. The van der Waals surface area contributed by atoms with E-state index < -0.39 is 0 Å². The molecular weight excluding hydrogens is 260 g/mol. The predicted octanol–water partition coefficient (Wildman–Crippen LogP) is 2.71. The number of benzene rings is 1. The van der Waals surface area contributed by atoms with Crippen LogP contribution < -0.4 is 5.48 Å². The highest BCUT2D eigenvalue weighted by Gasteiger charge is 1.98. The van der Waals surface area contributed by atoms with E-state index in [4.69, 9.17) is 4.84 Å². The lowest BCUT2D eigenvalue weighted by atomic mass is 10.2. The first-order valence-electron chi connectivity index (χ1n) is 5.80. The molecule has 5 heteroatoms. The van der Waals surface area contributed by atoms with Crippen molar-refractivity contribution in [3.63, 3.8) is 0 Å². The van der Waals surface area contributed by atoms with Crippen LogP contribution >= 0.6 is 11.3 Å². The second kappa shape index (κ2) is 6.82. The van der Waals surface area contributed by atoms with Gasteiger partial charge in [-0.25, -0.2) is 10.5 Å². The molecule has 0 aliphatic heterocycles. The van der Waals surface area contributed by atoms with Crippen molar-refractivity contribution in [2.24, 2.45) is 0 Å². The Morgan fingerprint density at radius 3 is 2.89 bits per heavy atom. The molecule has 0 bridgehead atoms. The average Bonchev–Trinajstić information content (AvgIpc) is 2.83. The van der Waals surface area contributed by atoms with Crippen LogP contribution in [-0.2, 0) is 16.2 Å². The molecule has 1 aromatic heterocycles. The summed E-state index contributed by atoms with van der Waals surface area (Å²) in [6.45, 7) is 2.27. The number of nitrogens with one attached hydrogen (secondary N) is 1. The predicted molar refractivity (Wildman–Crippen MR) is 75.3 cm³/mol. The summed E-state index contributed by atoms with van der Waals surface area (Å²) in [5, 5.41) is 2.87. The Kier molecular flexibility index (Phi) is 4.83. The molecule has 0 radical (unpaired) electrons. The van der Waals surface area contributed by atoms with Crippen LogP contribution in [0.1, 0.15) is 16.3 Å². The molecule has 98 valence electrons. The number of thiazole rings is 1. The van der Waals surface area contributed by atoms with Crippen molar-refractivity contribution >= 4 is 23.3 Å². The van der Waals surface area contributed by atoms with E-state index >= 15 is 0 Å². The van der Waals surface area contributed by atoms with Crippen LogP contribution in [0.3, 0.4) is 0 Å². The van der Waals surface area contributed by atoms with Crippen LogP contribution in [-0.4, -0.2) is 10.9 Å². The maximum absolute atomic E-state index is 11.5. The van der Waals surface area contributed by atoms with Gasteiger partial charge in [-0.3, -0.25) is 9.63 Å². The molecule has 1 N–H and O–H groups in total. The summed E-state index contributed by atoms with van der Waals surface area (Å²) in [7, 11) is 0. The van der Waals surface area contributed by atoms with E-state index in [2.05, 4.69) is 10.5 Å². The number of nitrogens with zero attached hydrogens (tertiary/aromatic N) is 1. The van der Waals surface area contributed by atoms with Crippen molar-refractivity contribution in [2.75, 3.05) is 0 Å². The summed E-state index contributed by atoms with van der Waals surface area (Å²) in [6, 6.07) is 9.64. The molecule has 4 nitrogen and oxygen atoms in total. The van der Waals surface area contributed by atoms with Crippen LogP contribution in [0, 0.1) is 6.92 Å². The van der Waals surface area contributed by atoms with E-state index in [1.807, 2.05) is 42.6 Å². The first kappa shape index (κ1) is 13.5. The lowest BCUT2D eigenvalue weighted by Gasteiger charge is -2.03. The van der Waals surface area contributed by atoms with Crippen molar-refractivity contribution in [1.29, 1.82) is 0 Å². The standard InChI is InChI=1S/C14H14N2O2S/c1-11-15-13(10-19-11)7-8-14(17)16-18-9-12-5-3-2-4-6-12/h2-8,10H,9H2,1H3,(H,16,17)/b8-7+. The molecule has 1 aromatic carbocycles. The van der Waals surface area contributed by atoms with Gasteiger partial charge in [-0.2, -0.15) is 0 Å². The molecule has 0 unspecified atom stereocenters. The SMILES string of the molecule is Cc1nc(/C=C/C(=O)NOCc2ccccc2)cs1. The first-order valence-corrected chi connectivity index (χ1v) is 6.68. The third kappa shape index (κ3) is 4.65. The average molecular weight is 274 g/mol. The number of aryl methyl sites for hydroxylation is 1. The van der Waals surface area contributed by atoms with Crippen LogP contribution in [0.25, 0.3) is 6.08 Å². The lowest BCUT2D eigenvalue weighted by molar-refractivity contribution is -0.129. The maximum atomic E-state index is 11.5. The van der Waals surface area contributed by atoms with E-state index in [1.165, 1.54) is 6.08 Å². The molecule has 0 fully saturated rings. The Morgan fingerprint density at radius 2 is 2.21 bits per heavy atom. The zero-order valence-corrected chi connectivity index (χ0v) is 11.3. The minimum Gasteiger partial charge on any atom is -0.269 e. The fraction of sp³-hybridized carbons (Fsp3) is 0.143. The van der Waals surface area contributed by atoms with Crippen molar-refractivity contribution < 1.29 is 9.63 Å². The van der Waals surface area contributed by atoms with Crippen LogP contribution in [0.4, 0.5) is 0 Å². The van der Waals surface area contributed by atoms with Crippen LogP contribution in [0.15, 0.2) is 41.8 Å². The van der Waals surface area contributed by atoms with E-state index in [0.29, 0.717) is 6.61 Å². The van der Waals surface area contributed by atoms with Crippen molar-refractivity contribution in [3.8, 4) is 0 Å². The minimum atomic E-state index is -0.304. The van der Waals surface area contributed by atoms with Gasteiger partial charge in [0.25, 0.3) is 5.91 Å². The molecule has 2 rings (SSSR count). The molecule has 0 atom stereocenters. The van der Waals surface area contributed by atoms with E-state index in [-0.39, 0.29) is 5.91 Å². The minimum absolute atomic E-state index is 0.304. The first-order chi connectivity index (χ1) is 9.24. The third-order valence-electron chi connectivity index (χ3n) is 2.30. The van der Waals surface area contributed by atoms with Gasteiger partial charge in [0.2, 0.25) is 0 Å².